The van der Waals surface area contributed by atoms with Gasteiger partial charge in [0.2, 0.25) is 0 Å². The number of carbonyl (C=O) groups is 1. The molecule has 0 aliphatic heterocycles. The van der Waals surface area contributed by atoms with Crippen LogP contribution in [0.3, 0.4) is 0 Å². The molecule has 0 aromatic carbocycles. The van der Waals surface area contributed by atoms with Gasteiger partial charge in [0.1, 0.15) is 10.7 Å². The zero-order valence-electron chi connectivity index (χ0n) is 11.4. The molecular formula is C15H18ClN3O. The van der Waals surface area contributed by atoms with Gasteiger partial charge in [-0.05, 0) is 25.0 Å². The summed E-state index contributed by atoms with van der Waals surface area (Å²) in [4.78, 5) is 16.2. The van der Waals surface area contributed by atoms with E-state index in [0.29, 0.717) is 18.4 Å². The second kappa shape index (κ2) is 6.71. The Morgan fingerprint density at radius 2 is 1.95 bits per heavy atom. The fraction of sp³-hybridized carbons (Fsp3) is 0.533. The Kier molecular flexibility index (Phi) is 4.97. The number of hydrogen-bond donors (Lipinski definition) is 1. The zero-order valence-corrected chi connectivity index (χ0v) is 12.1. The highest BCUT2D eigenvalue weighted by Gasteiger charge is 2.32. The molecule has 0 atom stereocenters. The molecule has 1 aliphatic carbocycles. The number of nitrogens with one attached hydrogen (secondary N) is 1. The molecule has 1 aliphatic rings. The molecule has 106 valence electrons. The molecular weight excluding hydrogens is 274 g/mol. The van der Waals surface area contributed by atoms with Crippen LogP contribution in [0.5, 0.6) is 0 Å². The van der Waals surface area contributed by atoms with Crippen LogP contribution in [-0.2, 0) is 0 Å². The lowest BCUT2D eigenvalue weighted by Gasteiger charge is -2.29. The third-order valence-electron chi connectivity index (χ3n) is 3.78. The summed E-state index contributed by atoms with van der Waals surface area (Å²) in [7, 11) is 0. The first kappa shape index (κ1) is 14.8. The number of hydrogen-bond acceptors (Lipinski definition) is 3. The Bertz CT molecular complexity index is 516. The highest BCUT2D eigenvalue weighted by atomic mass is 35.5. The zero-order chi connectivity index (χ0) is 14.4. The predicted octanol–water partition coefficient (Wildman–Crippen LogP) is 3.47. The van der Waals surface area contributed by atoms with Gasteiger partial charge in [-0.1, -0.05) is 43.7 Å². The van der Waals surface area contributed by atoms with Crippen LogP contribution in [0.4, 0.5) is 0 Å². The van der Waals surface area contributed by atoms with Gasteiger partial charge in [-0.3, -0.25) is 4.79 Å². The molecule has 1 heterocycles. The summed E-state index contributed by atoms with van der Waals surface area (Å²) < 4.78 is 0. The molecule has 1 fully saturated rings. The van der Waals surface area contributed by atoms with Gasteiger partial charge in [-0.15, -0.1) is 0 Å². The quantitative estimate of drug-likeness (QED) is 0.849. The standard InChI is InChI=1S/C15H18ClN3O/c16-13-12(7-6-10-18-13)14(20)19-15(11-17)8-4-2-1-3-5-9-15/h6-7,10H,1-5,8-9H2,(H,19,20). The van der Waals surface area contributed by atoms with Gasteiger partial charge in [0.15, 0.2) is 0 Å². The SMILES string of the molecule is N#CC1(NC(=O)c2cccnc2Cl)CCCCCCC1. The van der Waals surface area contributed by atoms with E-state index in [2.05, 4.69) is 16.4 Å². The van der Waals surface area contributed by atoms with E-state index in [0.717, 1.165) is 25.7 Å². The Labute approximate surface area is 124 Å². The fourth-order valence-electron chi connectivity index (χ4n) is 2.61. The Balaban J connectivity index is 2.14. The average Bonchev–Trinajstić information content (AvgIpc) is 2.42. The number of rotatable bonds is 2. The maximum Gasteiger partial charge on any atom is 0.255 e. The van der Waals surface area contributed by atoms with Gasteiger partial charge >= 0.3 is 0 Å². The van der Waals surface area contributed by atoms with E-state index in [4.69, 9.17) is 11.6 Å². The van der Waals surface area contributed by atoms with E-state index in [1.807, 2.05) is 0 Å². The van der Waals surface area contributed by atoms with Crippen LogP contribution in [0.2, 0.25) is 5.15 Å². The molecule has 1 aromatic heterocycles. The Hall–Kier alpha value is -1.60. The predicted molar refractivity (Wildman–Crippen MR) is 77.4 cm³/mol. The van der Waals surface area contributed by atoms with Crippen molar-refractivity contribution in [1.29, 1.82) is 5.26 Å². The summed E-state index contributed by atoms with van der Waals surface area (Å²) in [5.41, 5.74) is -0.442. The normalized spacial score (nSPS) is 18.4. The number of amides is 1. The lowest BCUT2D eigenvalue weighted by atomic mass is 9.85. The van der Waals surface area contributed by atoms with Gasteiger partial charge in [0.05, 0.1) is 11.6 Å². The van der Waals surface area contributed by atoms with Gasteiger partial charge in [0, 0.05) is 6.20 Å². The van der Waals surface area contributed by atoms with Crippen LogP contribution >= 0.6 is 11.6 Å². The van der Waals surface area contributed by atoms with E-state index in [1.54, 1.807) is 12.1 Å². The van der Waals surface area contributed by atoms with Crippen molar-refractivity contribution >= 4 is 17.5 Å². The van der Waals surface area contributed by atoms with Crippen molar-refractivity contribution in [3.05, 3.63) is 29.0 Å². The lowest BCUT2D eigenvalue weighted by Crippen LogP contribution is -2.47. The monoisotopic (exact) mass is 291 g/mol. The number of nitrogens with zero attached hydrogens (tertiary/aromatic N) is 2. The largest absolute Gasteiger partial charge is 0.334 e. The molecule has 0 bridgehead atoms. The van der Waals surface area contributed by atoms with Crippen molar-refractivity contribution < 1.29 is 4.79 Å². The van der Waals surface area contributed by atoms with E-state index in [9.17, 15) is 10.1 Å². The molecule has 0 unspecified atom stereocenters. The van der Waals surface area contributed by atoms with Gasteiger partial charge < -0.3 is 5.32 Å². The van der Waals surface area contributed by atoms with Crippen molar-refractivity contribution in [1.82, 2.24) is 10.3 Å². The van der Waals surface area contributed by atoms with Crippen LogP contribution in [0.15, 0.2) is 18.3 Å². The third kappa shape index (κ3) is 3.49. The molecule has 0 radical (unpaired) electrons. The molecule has 2 rings (SSSR count). The molecule has 1 saturated carbocycles. The summed E-state index contributed by atoms with van der Waals surface area (Å²) in [5.74, 6) is -0.315. The summed E-state index contributed by atoms with van der Waals surface area (Å²) in [6, 6.07) is 5.60. The topological polar surface area (TPSA) is 65.8 Å². The second-order valence-corrected chi connectivity index (χ2v) is 5.62. The number of pyridine rings is 1. The molecule has 1 amide bonds. The van der Waals surface area contributed by atoms with Crippen LogP contribution < -0.4 is 5.32 Å². The number of nitriles is 1. The van der Waals surface area contributed by atoms with E-state index >= 15 is 0 Å². The first-order chi connectivity index (χ1) is 9.67. The van der Waals surface area contributed by atoms with Gasteiger partial charge in [-0.2, -0.15) is 5.26 Å². The smallest absolute Gasteiger partial charge is 0.255 e. The highest BCUT2D eigenvalue weighted by molar-refractivity contribution is 6.32. The fourth-order valence-corrected chi connectivity index (χ4v) is 2.82. The first-order valence-electron chi connectivity index (χ1n) is 7.01. The van der Waals surface area contributed by atoms with E-state index in [1.165, 1.54) is 12.6 Å². The molecule has 4 nitrogen and oxygen atoms in total. The molecule has 0 saturated heterocycles. The Morgan fingerprint density at radius 3 is 2.55 bits per heavy atom. The number of aromatic nitrogens is 1. The first-order valence-corrected chi connectivity index (χ1v) is 7.39. The molecule has 1 N–H and O–H groups in total. The van der Waals surface area contributed by atoms with Crippen LogP contribution in [-0.4, -0.2) is 16.4 Å². The minimum absolute atomic E-state index is 0.170. The Morgan fingerprint density at radius 1 is 1.30 bits per heavy atom. The third-order valence-corrected chi connectivity index (χ3v) is 4.08. The minimum Gasteiger partial charge on any atom is -0.334 e. The van der Waals surface area contributed by atoms with E-state index in [-0.39, 0.29) is 11.1 Å². The molecule has 1 aromatic rings. The van der Waals surface area contributed by atoms with Gasteiger partial charge in [-0.25, -0.2) is 4.98 Å². The second-order valence-electron chi connectivity index (χ2n) is 5.26. The minimum atomic E-state index is -0.767. The van der Waals surface area contributed by atoms with Crippen LogP contribution in [0.25, 0.3) is 0 Å². The van der Waals surface area contributed by atoms with Crippen molar-refractivity contribution in [3.8, 4) is 6.07 Å². The van der Waals surface area contributed by atoms with Gasteiger partial charge in [0.25, 0.3) is 5.91 Å². The summed E-state index contributed by atoms with van der Waals surface area (Å²) in [6.07, 6.45) is 8.32. The van der Waals surface area contributed by atoms with Crippen LogP contribution in [0, 0.1) is 11.3 Å². The highest BCUT2D eigenvalue weighted by Crippen LogP contribution is 2.26. The lowest BCUT2D eigenvalue weighted by molar-refractivity contribution is 0.0907. The van der Waals surface area contributed by atoms with Crippen molar-refractivity contribution in [2.75, 3.05) is 0 Å². The maximum absolute atomic E-state index is 12.3. The van der Waals surface area contributed by atoms with E-state index < -0.39 is 5.54 Å². The van der Waals surface area contributed by atoms with Crippen molar-refractivity contribution in [3.63, 3.8) is 0 Å². The molecule has 5 heteroatoms. The number of carbonyl (C=O) groups excluding carboxylic acids is 1. The molecule has 0 spiro atoms. The summed E-state index contributed by atoms with van der Waals surface area (Å²) in [6.45, 7) is 0. The molecule has 20 heavy (non-hydrogen) atoms. The van der Waals surface area contributed by atoms with Crippen LogP contribution in [0.1, 0.15) is 55.3 Å². The number of halogens is 1. The summed E-state index contributed by atoms with van der Waals surface area (Å²) in [5, 5.41) is 12.6. The summed E-state index contributed by atoms with van der Waals surface area (Å²) >= 11 is 5.93. The van der Waals surface area contributed by atoms with Crippen molar-refractivity contribution in [2.24, 2.45) is 0 Å². The maximum atomic E-state index is 12.3. The average molecular weight is 292 g/mol. The van der Waals surface area contributed by atoms with Crippen molar-refractivity contribution in [2.45, 2.75) is 50.5 Å².